The highest BCUT2D eigenvalue weighted by atomic mass is 32.2. The summed E-state index contributed by atoms with van der Waals surface area (Å²) in [4.78, 5) is 11.8. The number of phenolic OH excluding ortho intramolecular Hbond substituents is 1. The van der Waals surface area contributed by atoms with Crippen LogP contribution in [-0.4, -0.2) is 36.3 Å². The third-order valence-electron chi connectivity index (χ3n) is 3.29. The van der Waals surface area contributed by atoms with Gasteiger partial charge in [0.25, 0.3) is 0 Å². The van der Waals surface area contributed by atoms with Crippen molar-refractivity contribution in [1.82, 2.24) is 0 Å². The summed E-state index contributed by atoms with van der Waals surface area (Å²) in [5, 5.41) is 9.37. The summed E-state index contributed by atoms with van der Waals surface area (Å²) in [5.41, 5.74) is 0. The van der Waals surface area contributed by atoms with Crippen molar-refractivity contribution in [2.45, 2.75) is 6.42 Å². The molecule has 0 spiro atoms. The molecule has 1 aromatic rings. The number of methoxy groups -OCH3 is 1. The first-order chi connectivity index (χ1) is 9.20. The van der Waals surface area contributed by atoms with Gasteiger partial charge in [0.05, 0.1) is 13.0 Å². The number of esters is 1. The van der Waals surface area contributed by atoms with Crippen LogP contribution in [0.1, 0.15) is 6.42 Å². The molecule has 2 atom stereocenters. The van der Waals surface area contributed by atoms with Crippen molar-refractivity contribution in [3.63, 3.8) is 0 Å². The second-order valence-electron chi connectivity index (χ2n) is 4.56. The number of aromatic hydroxyl groups is 1. The topological polar surface area (TPSA) is 55.8 Å². The van der Waals surface area contributed by atoms with E-state index in [1.807, 2.05) is 11.8 Å². The number of ether oxygens (including phenoxy) is 2. The molecule has 0 saturated carbocycles. The monoisotopic (exact) mass is 282 g/mol. The molecule has 1 saturated heterocycles. The Labute approximate surface area is 117 Å². The Balaban J connectivity index is 1.97. The van der Waals surface area contributed by atoms with Crippen molar-refractivity contribution in [1.29, 1.82) is 0 Å². The molecule has 0 amide bonds. The van der Waals surface area contributed by atoms with Gasteiger partial charge in [0.15, 0.2) is 0 Å². The van der Waals surface area contributed by atoms with Gasteiger partial charge in [-0.15, -0.1) is 0 Å². The molecule has 1 aromatic carbocycles. The quantitative estimate of drug-likeness (QED) is 0.840. The minimum absolute atomic E-state index is 0.156. The van der Waals surface area contributed by atoms with Gasteiger partial charge < -0.3 is 14.6 Å². The second-order valence-corrected chi connectivity index (χ2v) is 5.71. The normalized spacial score (nSPS) is 19.9. The van der Waals surface area contributed by atoms with Gasteiger partial charge in [-0.1, -0.05) is 6.07 Å². The van der Waals surface area contributed by atoms with E-state index in [1.54, 1.807) is 18.2 Å². The minimum atomic E-state index is -0.234. The molecule has 2 rings (SSSR count). The Morgan fingerprint density at radius 2 is 2.42 bits per heavy atom. The van der Waals surface area contributed by atoms with Crippen LogP contribution in [0.3, 0.4) is 0 Å². The fourth-order valence-electron chi connectivity index (χ4n) is 2.18. The molecule has 0 bridgehead atoms. The van der Waals surface area contributed by atoms with Crippen molar-refractivity contribution in [3.8, 4) is 11.5 Å². The van der Waals surface area contributed by atoms with E-state index in [1.165, 1.54) is 13.2 Å². The maximum Gasteiger partial charge on any atom is 0.312 e. The summed E-state index contributed by atoms with van der Waals surface area (Å²) in [6.07, 6.45) is 1.02. The van der Waals surface area contributed by atoms with Crippen molar-refractivity contribution < 1.29 is 19.4 Å². The SMILES string of the molecule is COC(=O)C(COc1cccc(O)c1)C1CCSC1. The van der Waals surface area contributed by atoms with Gasteiger partial charge in [-0.2, -0.15) is 11.8 Å². The van der Waals surface area contributed by atoms with E-state index >= 15 is 0 Å². The van der Waals surface area contributed by atoms with Crippen molar-refractivity contribution in [2.75, 3.05) is 25.2 Å². The molecule has 1 aliphatic heterocycles. The highest BCUT2D eigenvalue weighted by Gasteiger charge is 2.32. The molecule has 104 valence electrons. The van der Waals surface area contributed by atoms with E-state index in [-0.39, 0.29) is 17.6 Å². The summed E-state index contributed by atoms with van der Waals surface area (Å²) < 4.78 is 10.5. The van der Waals surface area contributed by atoms with Crippen LogP contribution in [0.25, 0.3) is 0 Å². The Morgan fingerprint density at radius 3 is 3.05 bits per heavy atom. The summed E-state index contributed by atoms with van der Waals surface area (Å²) in [7, 11) is 1.41. The van der Waals surface area contributed by atoms with Crippen LogP contribution >= 0.6 is 11.8 Å². The molecule has 1 aliphatic rings. The van der Waals surface area contributed by atoms with E-state index < -0.39 is 0 Å². The highest BCUT2D eigenvalue weighted by Crippen LogP contribution is 2.31. The summed E-state index contributed by atoms with van der Waals surface area (Å²) in [6, 6.07) is 6.59. The Bertz CT molecular complexity index is 429. The van der Waals surface area contributed by atoms with Crippen molar-refractivity contribution in [2.24, 2.45) is 11.8 Å². The van der Waals surface area contributed by atoms with Gasteiger partial charge in [-0.25, -0.2) is 0 Å². The predicted octanol–water partition coefficient (Wildman–Crippen LogP) is 2.31. The van der Waals surface area contributed by atoms with Gasteiger partial charge >= 0.3 is 5.97 Å². The molecular formula is C14H18O4S. The van der Waals surface area contributed by atoms with Crippen LogP contribution in [0.4, 0.5) is 0 Å². The van der Waals surface area contributed by atoms with Crippen LogP contribution in [0.15, 0.2) is 24.3 Å². The number of carbonyl (C=O) groups is 1. The summed E-state index contributed by atoms with van der Waals surface area (Å²) in [6.45, 7) is 0.293. The van der Waals surface area contributed by atoms with Gasteiger partial charge in [-0.05, 0) is 36.0 Å². The smallest absolute Gasteiger partial charge is 0.312 e. The van der Waals surface area contributed by atoms with E-state index in [9.17, 15) is 9.90 Å². The number of rotatable bonds is 5. The zero-order chi connectivity index (χ0) is 13.7. The van der Waals surface area contributed by atoms with Gasteiger partial charge in [-0.3, -0.25) is 4.79 Å². The molecule has 1 N–H and O–H groups in total. The average molecular weight is 282 g/mol. The number of benzene rings is 1. The first-order valence-corrected chi connectivity index (χ1v) is 7.43. The highest BCUT2D eigenvalue weighted by molar-refractivity contribution is 7.99. The molecule has 1 fully saturated rings. The Kier molecular flexibility index (Phi) is 4.96. The molecule has 1 heterocycles. The van der Waals surface area contributed by atoms with E-state index in [0.717, 1.165) is 17.9 Å². The molecule has 2 unspecified atom stereocenters. The van der Waals surface area contributed by atoms with Crippen LogP contribution in [-0.2, 0) is 9.53 Å². The predicted molar refractivity (Wildman–Crippen MR) is 74.5 cm³/mol. The number of thioether (sulfide) groups is 1. The van der Waals surface area contributed by atoms with Crippen LogP contribution in [0.5, 0.6) is 11.5 Å². The average Bonchev–Trinajstić information content (AvgIpc) is 2.92. The first-order valence-electron chi connectivity index (χ1n) is 6.28. The van der Waals surface area contributed by atoms with Crippen molar-refractivity contribution in [3.05, 3.63) is 24.3 Å². The fourth-order valence-corrected chi connectivity index (χ4v) is 3.52. The maximum absolute atomic E-state index is 11.8. The molecular weight excluding hydrogens is 264 g/mol. The Morgan fingerprint density at radius 1 is 1.58 bits per heavy atom. The Hall–Kier alpha value is -1.36. The first kappa shape index (κ1) is 14.1. The maximum atomic E-state index is 11.8. The molecule has 5 heteroatoms. The lowest BCUT2D eigenvalue weighted by Crippen LogP contribution is -2.30. The summed E-state index contributed by atoms with van der Waals surface area (Å²) >= 11 is 1.86. The second kappa shape index (κ2) is 6.70. The van der Waals surface area contributed by atoms with E-state index in [2.05, 4.69) is 0 Å². The lowest BCUT2D eigenvalue weighted by molar-refractivity contribution is -0.148. The molecule has 4 nitrogen and oxygen atoms in total. The standard InChI is InChI=1S/C14H18O4S/c1-17-14(16)13(10-5-6-19-9-10)8-18-12-4-2-3-11(15)7-12/h2-4,7,10,13,15H,5-6,8-9H2,1H3. The minimum Gasteiger partial charge on any atom is -0.508 e. The lowest BCUT2D eigenvalue weighted by atomic mass is 9.92. The van der Waals surface area contributed by atoms with Gasteiger partial charge in [0.1, 0.15) is 18.1 Å². The molecule has 19 heavy (non-hydrogen) atoms. The van der Waals surface area contributed by atoms with E-state index in [4.69, 9.17) is 9.47 Å². The zero-order valence-electron chi connectivity index (χ0n) is 10.9. The number of hydrogen-bond acceptors (Lipinski definition) is 5. The molecule has 0 aromatic heterocycles. The molecule has 0 aliphatic carbocycles. The number of carbonyl (C=O) groups excluding carboxylic acids is 1. The number of phenols is 1. The van der Waals surface area contributed by atoms with Crippen LogP contribution < -0.4 is 4.74 Å². The van der Waals surface area contributed by atoms with Crippen LogP contribution in [0, 0.1) is 11.8 Å². The third-order valence-corrected chi connectivity index (χ3v) is 4.47. The van der Waals surface area contributed by atoms with E-state index in [0.29, 0.717) is 18.3 Å². The fraction of sp³-hybridized carbons (Fsp3) is 0.500. The van der Waals surface area contributed by atoms with Crippen LogP contribution in [0.2, 0.25) is 0 Å². The summed E-state index contributed by atoms with van der Waals surface area (Å²) in [5.74, 6) is 2.65. The van der Waals surface area contributed by atoms with Gasteiger partial charge in [0.2, 0.25) is 0 Å². The lowest BCUT2D eigenvalue weighted by Gasteiger charge is -2.20. The van der Waals surface area contributed by atoms with Crippen molar-refractivity contribution >= 4 is 17.7 Å². The van der Waals surface area contributed by atoms with Gasteiger partial charge in [0, 0.05) is 6.07 Å². The largest absolute Gasteiger partial charge is 0.508 e. The third kappa shape index (κ3) is 3.80. The number of hydrogen-bond donors (Lipinski definition) is 1. The molecule has 0 radical (unpaired) electrons. The zero-order valence-corrected chi connectivity index (χ0v) is 11.7.